The number of benzene rings is 7. The zero-order valence-corrected chi connectivity index (χ0v) is 24.0. The lowest BCUT2D eigenvalue weighted by Gasteiger charge is -2.19. The van der Waals surface area contributed by atoms with Crippen LogP contribution in [0.3, 0.4) is 0 Å². The van der Waals surface area contributed by atoms with Crippen molar-refractivity contribution in [3.05, 3.63) is 157 Å². The molecule has 2 heteroatoms. The molecule has 0 radical (unpaired) electrons. The van der Waals surface area contributed by atoms with E-state index < -0.39 is 0 Å². The van der Waals surface area contributed by atoms with Crippen LogP contribution in [0.1, 0.15) is 12.7 Å². The van der Waals surface area contributed by atoms with Crippen LogP contribution in [-0.2, 0) is 6.42 Å². The molecule has 0 saturated carbocycles. The van der Waals surface area contributed by atoms with Gasteiger partial charge in [0.1, 0.15) is 5.82 Å². The predicted octanol–water partition coefficient (Wildman–Crippen LogP) is 10.9. The number of fused-ring (bicyclic) bond motifs is 3. The van der Waals surface area contributed by atoms with Gasteiger partial charge in [-0.2, -0.15) is 0 Å². The lowest BCUT2D eigenvalue weighted by Crippen LogP contribution is -2.00. The van der Waals surface area contributed by atoms with Crippen molar-refractivity contribution in [2.24, 2.45) is 0 Å². The number of hydrogen-bond acceptors (Lipinski definition) is 1. The summed E-state index contributed by atoms with van der Waals surface area (Å²) in [6.07, 6.45) is 0.871. The maximum atomic E-state index is 4.90. The molecule has 0 fully saturated rings. The van der Waals surface area contributed by atoms with Gasteiger partial charge in [-0.25, -0.2) is 4.98 Å². The minimum Gasteiger partial charge on any atom is -0.296 e. The van der Waals surface area contributed by atoms with E-state index in [9.17, 15) is 0 Å². The number of rotatable bonds is 5. The Morgan fingerprint density at radius 1 is 0.465 bits per heavy atom. The predicted molar refractivity (Wildman–Crippen MR) is 182 cm³/mol. The highest BCUT2D eigenvalue weighted by Gasteiger charge is 2.18. The van der Waals surface area contributed by atoms with Crippen LogP contribution in [0.25, 0.3) is 71.6 Å². The molecule has 2 nitrogen and oxygen atoms in total. The van der Waals surface area contributed by atoms with Gasteiger partial charge in [0.2, 0.25) is 0 Å². The van der Waals surface area contributed by atoms with Crippen LogP contribution in [-0.4, -0.2) is 9.55 Å². The monoisotopic (exact) mass is 550 g/mol. The zero-order chi connectivity index (χ0) is 28.8. The summed E-state index contributed by atoms with van der Waals surface area (Å²) in [6, 6.07) is 54.7. The van der Waals surface area contributed by atoms with Crippen molar-refractivity contribution in [3.8, 4) is 39.1 Å². The van der Waals surface area contributed by atoms with Gasteiger partial charge in [0.05, 0.1) is 11.0 Å². The van der Waals surface area contributed by atoms with Gasteiger partial charge >= 0.3 is 0 Å². The largest absolute Gasteiger partial charge is 0.296 e. The van der Waals surface area contributed by atoms with Gasteiger partial charge in [0.15, 0.2) is 0 Å². The second kappa shape index (κ2) is 10.4. The normalized spacial score (nSPS) is 11.5. The van der Waals surface area contributed by atoms with Crippen LogP contribution in [0.5, 0.6) is 0 Å². The molecule has 0 atom stereocenters. The molecule has 0 amide bonds. The first-order chi connectivity index (χ1) is 21.3. The number of aryl methyl sites for hydroxylation is 1. The second-order valence-corrected chi connectivity index (χ2v) is 11.0. The van der Waals surface area contributed by atoms with Gasteiger partial charge < -0.3 is 0 Å². The molecule has 0 unspecified atom stereocenters. The minimum absolute atomic E-state index is 0.871. The smallest absolute Gasteiger partial charge is 0.114 e. The summed E-state index contributed by atoms with van der Waals surface area (Å²) < 4.78 is 2.29. The van der Waals surface area contributed by atoms with Gasteiger partial charge in [-0.1, -0.05) is 128 Å². The minimum atomic E-state index is 0.871. The van der Waals surface area contributed by atoms with Gasteiger partial charge in [0.25, 0.3) is 0 Å². The van der Waals surface area contributed by atoms with Gasteiger partial charge in [-0.3, -0.25) is 4.57 Å². The maximum absolute atomic E-state index is 4.90. The number of nitrogens with zero attached hydrogens (tertiary/aromatic N) is 2. The topological polar surface area (TPSA) is 17.8 Å². The third-order valence-corrected chi connectivity index (χ3v) is 8.55. The van der Waals surface area contributed by atoms with Gasteiger partial charge in [-0.15, -0.1) is 0 Å². The fourth-order valence-corrected chi connectivity index (χ4v) is 6.59. The molecule has 0 bridgehead atoms. The standard InChI is InChI=1S/C41H30N2/c1-2-39-42-37-19-11-12-20-38(37)43(39)32-24-21-30(22-25-32)40-33-17-9-10-18-34(33)41(29-15-7-4-8-16-29)36-27-31(23-26-35(36)40)28-13-5-3-6-14-28/h3-27H,2H2,1H3. The van der Waals surface area contributed by atoms with Crippen molar-refractivity contribution >= 4 is 32.6 Å². The molecule has 0 saturated heterocycles. The zero-order valence-electron chi connectivity index (χ0n) is 24.0. The van der Waals surface area contributed by atoms with Crippen LogP contribution in [0.15, 0.2) is 152 Å². The molecule has 0 aliphatic rings. The summed E-state index contributed by atoms with van der Waals surface area (Å²) in [5.41, 5.74) is 10.7. The molecule has 0 aliphatic heterocycles. The molecular weight excluding hydrogens is 520 g/mol. The molecule has 8 aromatic rings. The van der Waals surface area contributed by atoms with E-state index in [2.05, 4.69) is 163 Å². The molecule has 1 aromatic heterocycles. The first-order valence-electron chi connectivity index (χ1n) is 15.0. The highest BCUT2D eigenvalue weighted by Crippen LogP contribution is 2.45. The van der Waals surface area contributed by atoms with E-state index in [1.165, 1.54) is 54.9 Å². The van der Waals surface area contributed by atoms with Crippen LogP contribution >= 0.6 is 0 Å². The fraction of sp³-hybridized carbons (Fsp3) is 0.0488. The summed E-state index contributed by atoms with van der Waals surface area (Å²) in [4.78, 5) is 4.90. The molecule has 204 valence electrons. The van der Waals surface area contributed by atoms with E-state index in [4.69, 9.17) is 4.98 Å². The van der Waals surface area contributed by atoms with Crippen LogP contribution in [0.2, 0.25) is 0 Å². The van der Waals surface area contributed by atoms with E-state index in [-0.39, 0.29) is 0 Å². The average molecular weight is 551 g/mol. The highest BCUT2D eigenvalue weighted by molar-refractivity contribution is 6.22. The van der Waals surface area contributed by atoms with Gasteiger partial charge in [0, 0.05) is 12.1 Å². The van der Waals surface area contributed by atoms with E-state index in [0.717, 1.165) is 29.0 Å². The molecule has 0 aliphatic carbocycles. The Balaban J connectivity index is 1.39. The third-order valence-electron chi connectivity index (χ3n) is 8.55. The molecule has 0 N–H and O–H groups in total. The summed E-state index contributed by atoms with van der Waals surface area (Å²) in [7, 11) is 0. The first kappa shape index (κ1) is 25.3. The van der Waals surface area contributed by atoms with Crippen LogP contribution in [0, 0.1) is 0 Å². The Labute approximate surface area is 251 Å². The Kier molecular flexibility index (Phi) is 6.12. The third kappa shape index (κ3) is 4.23. The highest BCUT2D eigenvalue weighted by atomic mass is 15.1. The number of aromatic nitrogens is 2. The second-order valence-electron chi connectivity index (χ2n) is 11.0. The molecule has 7 aromatic carbocycles. The average Bonchev–Trinajstić information content (AvgIpc) is 3.46. The molecule has 1 heterocycles. The number of para-hydroxylation sites is 2. The molecule has 0 spiro atoms. The van der Waals surface area contributed by atoms with Crippen molar-refractivity contribution in [3.63, 3.8) is 0 Å². The van der Waals surface area contributed by atoms with E-state index in [1.807, 2.05) is 0 Å². The quantitative estimate of drug-likeness (QED) is 0.195. The summed E-state index contributed by atoms with van der Waals surface area (Å²) in [6.45, 7) is 2.17. The Hall–Kier alpha value is -5.47. The van der Waals surface area contributed by atoms with Crippen molar-refractivity contribution in [2.75, 3.05) is 0 Å². The van der Waals surface area contributed by atoms with Crippen molar-refractivity contribution in [2.45, 2.75) is 13.3 Å². The van der Waals surface area contributed by atoms with Crippen molar-refractivity contribution in [1.29, 1.82) is 0 Å². The SMILES string of the molecule is CCc1nc2ccccc2n1-c1ccc(-c2c3ccccc3c(-c3ccccc3)c3cc(-c4ccccc4)ccc23)cc1. The molecule has 43 heavy (non-hydrogen) atoms. The maximum Gasteiger partial charge on any atom is 0.114 e. The van der Waals surface area contributed by atoms with Crippen LogP contribution < -0.4 is 0 Å². The fourth-order valence-electron chi connectivity index (χ4n) is 6.59. The summed E-state index contributed by atoms with van der Waals surface area (Å²) in [5.74, 6) is 1.07. The van der Waals surface area contributed by atoms with E-state index in [1.54, 1.807) is 0 Å². The lowest BCUT2D eigenvalue weighted by atomic mass is 9.85. The van der Waals surface area contributed by atoms with E-state index in [0.29, 0.717) is 0 Å². The van der Waals surface area contributed by atoms with E-state index >= 15 is 0 Å². The van der Waals surface area contributed by atoms with Crippen molar-refractivity contribution < 1.29 is 0 Å². The molecular formula is C41H30N2. The molecule has 8 rings (SSSR count). The Bertz CT molecular complexity index is 2240. The summed E-state index contributed by atoms with van der Waals surface area (Å²) >= 11 is 0. The number of hydrogen-bond donors (Lipinski definition) is 0. The van der Waals surface area contributed by atoms with Crippen molar-refractivity contribution in [1.82, 2.24) is 9.55 Å². The van der Waals surface area contributed by atoms with Crippen LogP contribution in [0.4, 0.5) is 0 Å². The Morgan fingerprint density at radius 2 is 1.00 bits per heavy atom. The first-order valence-corrected chi connectivity index (χ1v) is 15.0. The lowest BCUT2D eigenvalue weighted by molar-refractivity contribution is 0.908. The summed E-state index contributed by atoms with van der Waals surface area (Å²) in [5, 5.41) is 5.04. The van der Waals surface area contributed by atoms with Gasteiger partial charge in [-0.05, 0) is 85.3 Å². The number of imidazole rings is 1. The Morgan fingerprint density at radius 3 is 1.70 bits per heavy atom.